The Morgan fingerprint density at radius 2 is 1.16 bits per heavy atom. The molecule has 0 saturated carbocycles. The fourth-order valence-electron chi connectivity index (χ4n) is 3.00. The van der Waals surface area contributed by atoms with Crippen LogP contribution < -0.4 is 0 Å². The maximum Gasteiger partial charge on any atom is 0 e. The minimum Gasteiger partial charge on any atom is -0.165 e. The number of fused-ring (bicyclic) bond motifs is 6. The molecule has 0 fully saturated rings. The van der Waals surface area contributed by atoms with Crippen molar-refractivity contribution in [2.24, 2.45) is 0 Å². The molecule has 1 radical (unpaired) electrons. The fourth-order valence-corrected chi connectivity index (χ4v) is 3.00. The van der Waals surface area contributed by atoms with Crippen LogP contribution >= 0.6 is 0 Å². The Balaban J connectivity index is 0.00000110. The Morgan fingerprint density at radius 3 is 1.79 bits per heavy atom. The molecule has 4 aromatic rings. The fraction of sp³-hybridized carbons (Fsp3) is 0.0556. The summed E-state index contributed by atoms with van der Waals surface area (Å²) < 4.78 is 0. The van der Waals surface area contributed by atoms with E-state index in [0.29, 0.717) is 0 Å². The first-order valence-electron chi connectivity index (χ1n) is 6.31. The summed E-state index contributed by atoms with van der Waals surface area (Å²) >= 11 is 0. The molecule has 0 aliphatic carbocycles. The van der Waals surface area contributed by atoms with Crippen molar-refractivity contribution in [2.75, 3.05) is 0 Å². The monoisotopic (exact) mass is 318 g/mol. The Kier molecular flexibility index (Phi) is 3.24. The van der Waals surface area contributed by atoms with Crippen LogP contribution in [0.25, 0.3) is 32.3 Å². The molecule has 4 rings (SSSR count). The molecule has 19 heavy (non-hydrogen) atoms. The summed E-state index contributed by atoms with van der Waals surface area (Å²) in [7, 11) is 0. The summed E-state index contributed by atoms with van der Waals surface area (Å²) in [6.07, 6.45) is 0. The van der Waals surface area contributed by atoms with Gasteiger partial charge >= 0.3 is 0 Å². The maximum absolute atomic E-state index is 2.30. The zero-order valence-corrected chi connectivity index (χ0v) is 13.7. The first-order valence-corrected chi connectivity index (χ1v) is 6.31. The second-order valence-electron chi connectivity index (χ2n) is 4.95. The van der Waals surface area contributed by atoms with Gasteiger partial charge in [0.2, 0.25) is 0 Å². The van der Waals surface area contributed by atoms with Gasteiger partial charge in [-0.25, -0.2) is 0 Å². The Labute approximate surface area is 137 Å². The SMILES string of the molecule is Cc1cc2c3ccccc3c3ccccc3c2[cH-]1.[Y]. The Bertz CT molecular complexity index is 811. The van der Waals surface area contributed by atoms with Gasteiger partial charge in [0.05, 0.1) is 0 Å². The van der Waals surface area contributed by atoms with Gasteiger partial charge < -0.3 is 0 Å². The standard InChI is InChI=1S/C18H13.Y/c1-12-10-17-15-8-4-2-6-13(15)14-7-3-5-9-16(14)18(17)11-12;/h2-11H,1H3;/q-1;. The van der Waals surface area contributed by atoms with Gasteiger partial charge in [0.1, 0.15) is 0 Å². The molecule has 0 bridgehead atoms. The van der Waals surface area contributed by atoms with Crippen molar-refractivity contribution in [1.82, 2.24) is 0 Å². The summed E-state index contributed by atoms with van der Waals surface area (Å²) in [5.74, 6) is 0. The van der Waals surface area contributed by atoms with Crippen molar-refractivity contribution in [3.8, 4) is 0 Å². The number of rotatable bonds is 0. The molecule has 89 valence electrons. The van der Waals surface area contributed by atoms with Crippen molar-refractivity contribution in [1.29, 1.82) is 0 Å². The van der Waals surface area contributed by atoms with Crippen molar-refractivity contribution in [3.05, 3.63) is 66.2 Å². The first kappa shape index (κ1) is 12.9. The van der Waals surface area contributed by atoms with Crippen LogP contribution in [-0.2, 0) is 32.7 Å². The molecule has 0 aromatic heterocycles. The van der Waals surface area contributed by atoms with Crippen molar-refractivity contribution >= 4 is 32.3 Å². The number of hydrogen-bond donors (Lipinski definition) is 0. The molecule has 0 nitrogen and oxygen atoms in total. The van der Waals surface area contributed by atoms with Gasteiger partial charge in [-0.05, 0) is 5.39 Å². The van der Waals surface area contributed by atoms with Gasteiger partial charge in [0.25, 0.3) is 0 Å². The normalized spacial score (nSPS) is 11.0. The molecular formula is C18H13Y-. The van der Waals surface area contributed by atoms with E-state index in [0.717, 1.165) is 0 Å². The van der Waals surface area contributed by atoms with E-state index in [1.54, 1.807) is 0 Å². The molecule has 0 spiro atoms. The van der Waals surface area contributed by atoms with Crippen LogP contribution in [0.1, 0.15) is 5.56 Å². The quantitative estimate of drug-likeness (QED) is 0.310. The van der Waals surface area contributed by atoms with E-state index in [-0.39, 0.29) is 32.7 Å². The summed E-state index contributed by atoms with van der Waals surface area (Å²) in [4.78, 5) is 0. The van der Waals surface area contributed by atoms with E-state index in [4.69, 9.17) is 0 Å². The van der Waals surface area contributed by atoms with E-state index >= 15 is 0 Å². The molecular weight excluding hydrogens is 305 g/mol. The van der Waals surface area contributed by atoms with Gasteiger partial charge in [-0.1, -0.05) is 71.6 Å². The Morgan fingerprint density at radius 1 is 0.684 bits per heavy atom. The van der Waals surface area contributed by atoms with Crippen LogP contribution in [0, 0.1) is 6.92 Å². The van der Waals surface area contributed by atoms with Gasteiger partial charge in [-0.3, -0.25) is 0 Å². The molecule has 0 saturated heterocycles. The number of hydrogen-bond acceptors (Lipinski definition) is 0. The third-order valence-electron chi connectivity index (χ3n) is 3.76. The second kappa shape index (κ2) is 4.78. The zero-order valence-electron chi connectivity index (χ0n) is 10.9. The molecule has 1 heteroatoms. The van der Waals surface area contributed by atoms with Crippen LogP contribution in [-0.4, -0.2) is 0 Å². The van der Waals surface area contributed by atoms with E-state index in [9.17, 15) is 0 Å². The minimum absolute atomic E-state index is 0. The minimum atomic E-state index is 0. The van der Waals surface area contributed by atoms with Gasteiger partial charge in [0, 0.05) is 32.7 Å². The summed E-state index contributed by atoms with van der Waals surface area (Å²) in [6, 6.07) is 22.0. The van der Waals surface area contributed by atoms with E-state index < -0.39 is 0 Å². The molecule has 0 unspecified atom stereocenters. The van der Waals surface area contributed by atoms with Gasteiger partial charge in [-0.15, -0.1) is 22.4 Å². The molecule has 0 aliphatic heterocycles. The molecule has 0 aliphatic rings. The predicted octanol–water partition coefficient (Wildman–Crippen LogP) is 5.17. The summed E-state index contributed by atoms with van der Waals surface area (Å²) in [5.41, 5.74) is 1.34. The molecule has 4 aromatic carbocycles. The smallest absolute Gasteiger partial charge is 0 e. The molecule has 0 N–H and O–H groups in total. The third-order valence-corrected chi connectivity index (χ3v) is 3.76. The van der Waals surface area contributed by atoms with Crippen LogP contribution in [0.15, 0.2) is 60.7 Å². The average Bonchev–Trinajstić information content (AvgIpc) is 2.81. The zero-order chi connectivity index (χ0) is 12.1. The first-order chi connectivity index (χ1) is 8.84. The van der Waals surface area contributed by atoms with Gasteiger partial charge in [-0.2, -0.15) is 6.07 Å². The topological polar surface area (TPSA) is 0 Å². The van der Waals surface area contributed by atoms with E-state index in [1.165, 1.54) is 37.9 Å². The van der Waals surface area contributed by atoms with Gasteiger partial charge in [0.15, 0.2) is 0 Å². The summed E-state index contributed by atoms with van der Waals surface area (Å²) in [6.45, 7) is 2.17. The van der Waals surface area contributed by atoms with Crippen LogP contribution in [0.3, 0.4) is 0 Å². The molecule has 0 atom stereocenters. The van der Waals surface area contributed by atoms with Crippen molar-refractivity contribution < 1.29 is 32.7 Å². The Hall–Kier alpha value is -1.11. The predicted molar refractivity (Wildman–Crippen MR) is 79.3 cm³/mol. The van der Waals surface area contributed by atoms with E-state index in [1.807, 2.05) is 0 Å². The third kappa shape index (κ3) is 1.86. The summed E-state index contributed by atoms with van der Waals surface area (Å²) in [5, 5.41) is 8.18. The van der Waals surface area contributed by atoms with Crippen LogP contribution in [0.4, 0.5) is 0 Å². The maximum atomic E-state index is 2.30. The van der Waals surface area contributed by atoms with Crippen LogP contribution in [0.5, 0.6) is 0 Å². The molecule has 0 heterocycles. The largest absolute Gasteiger partial charge is 0.165 e. The van der Waals surface area contributed by atoms with Crippen LogP contribution in [0.2, 0.25) is 0 Å². The number of aryl methyl sites for hydroxylation is 1. The van der Waals surface area contributed by atoms with Crippen molar-refractivity contribution in [3.63, 3.8) is 0 Å². The van der Waals surface area contributed by atoms with Crippen molar-refractivity contribution in [2.45, 2.75) is 6.92 Å². The average molecular weight is 318 g/mol. The second-order valence-corrected chi connectivity index (χ2v) is 4.95. The van der Waals surface area contributed by atoms with E-state index in [2.05, 4.69) is 67.6 Å². The molecule has 0 amide bonds. The number of benzene rings is 3.